The molecule has 11 heavy (non-hydrogen) atoms. The Morgan fingerprint density at radius 1 is 1.27 bits per heavy atom. The van der Waals surface area contributed by atoms with Crippen LogP contribution in [0.1, 0.15) is 39.5 Å². The minimum Gasteiger partial charge on any atom is -0.315 e. The first-order valence-electron chi connectivity index (χ1n) is 4.54. The standard InChI is InChI=1S/C9H18OS/c1-7-3-5-9(6-4-7)8(2)10-11/h7-9,11H,3-6H2,1-2H3. The summed E-state index contributed by atoms with van der Waals surface area (Å²) in [5.74, 6) is 1.68. The third-order valence-corrected chi connectivity index (χ3v) is 3.22. The van der Waals surface area contributed by atoms with E-state index in [4.69, 9.17) is 4.18 Å². The molecule has 1 aliphatic rings. The fourth-order valence-corrected chi connectivity index (χ4v) is 2.01. The third-order valence-electron chi connectivity index (χ3n) is 2.89. The Bertz CT molecular complexity index is 108. The van der Waals surface area contributed by atoms with Crippen LogP contribution in [0.3, 0.4) is 0 Å². The van der Waals surface area contributed by atoms with Gasteiger partial charge in [-0.25, -0.2) is 0 Å². The van der Waals surface area contributed by atoms with Crippen molar-refractivity contribution in [2.45, 2.75) is 45.6 Å². The van der Waals surface area contributed by atoms with Gasteiger partial charge < -0.3 is 4.18 Å². The van der Waals surface area contributed by atoms with Gasteiger partial charge in [-0.2, -0.15) is 0 Å². The van der Waals surface area contributed by atoms with Crippen molar-refractivity contribution < 1.29 is 4.18 Å². The number of hydrogen-bond acceptors (Lipinski definition) is 2. The highest BCUT2D eigenvalue weighted by molar-refractivity contribution is 7.75. The van der Waals surface area contributed by atoms with Gasteiger partial charge in [-0.3, -0.25) is 0 Å². The minimum absolute atomic E-state index is 0.339. The van der Waals surface area contributed by atoms with Gasteiger partial charge in [0.1, 0.15) is 0 Å². The summed E-state index contributed by atoms with van der Waals surface area (Å²) in [5.41, 5.74) is 0. The lowest BCUT2D eigenvalue weighted by atomic mass is 9.81. The van der Waals surface area contributed by atoms with E-state index < -0.39 is 0 Å². The molecule has 0 bridgehead atoms. The van der Waals surface area contributed by atoms with Gasteiger partial charge >= 0.3 is 0 Å². The normalized spacial score (nSPS) is 35.2. The summed E-state index contributed by atoms with van der Waals surface area (Å²) in [6.45, 7) is 4.45. The Morgan fingerprint density at radius 3 is 2.27 bits per heavy atom. The van der Waals surface area contributed by atoms with E-state index in [1.807, 2.05) is 0 Å². The van der Waals surface area contributed by atoms with Crippen molar-refractivity contribution in [3.63, 3.8) is 0 Å². The molecule has 1 nitrogen and oxygen atoms in total. The molecule has 0 aromatic heterocycles. The zero-order valence-corrected chi connectivity index (χ0v) is 8.31. The lowest BCUT2D eigenvalue weighted by Crippen LogP contribution is -2.22. The van der Waals surface area contributed by atoms with Crippen molar-refractivity contribution in [2.24, 2.45) is 11.8 Å². The van der Waals surface area contributed by atoms with E-state index in [9.17, 15) is 0 Å². The monoisotopic (exact) mass is 174 g/mol. The summed E-state index contributed by atoms with van der Waals surface area (Å²) >= 11 is 3.85. The van der Waals surface area contributed by atoms with E-state index in [2.05, 4.69) is 26.8 Å². The average molecular weight is 174 g/mol. The molecule has 0 radical (unpaired) electrons. The van der Waals surface area contributed by atoms with E-state index >= 15 is 0 Å². The lowest BCUT2D eigenvalue weighted by molar-refractivity contribution is 0.135. The summed E-state index contributed by atoms with van der Waals surface area (Å²) in [7, 11) is 0. The molecule has 0 saturated heterocycles. The quantitative estimate of drug-likeness (QED) is 0.500. The highest BCUT2D eigenvalue weighted by Gasteiger charge is 2.22. The lowest BCUT2D eigenvalue weighted by Gasteiger charge is -2.29. The maximum absolute atomic E-state index is 5.02. The van der Waals surface area contributed by atoms with Crippen LogP contribution in [0.25, 0.3) is 0 Å². The molecule has 0 spiro atoms. The Balaban J connectivity index is 2.27. The molecule has 0 aromatic carbocycles. The van der Waals surface area contributed by atoms with E-state index in [1.54, 1.807) is 0 Å². The van der Waals surface area contributed by atoms with Crippen molar-refractivity contribution >= 4 is 12.9 Å². The first-order valence-corrected chi connectivity index (χ1v) is 4.90. The van der Waals surface area contributed by atoms with Crippen molar-refractivity contribution in [2.75, 3.05) is 0 Å². The molecule has 0 aromatic rings. The predicted octanol–water partition coefficient (Wildman–Crippen LogP) is 3.06. The van der Waals surface area contributed by atoms with Gasteiger partial charge in [0.25, 0.3) is 0 Å². The zero-order valence-electron chi connectivity index (χ0n) is 7.42. The van der Waals surface area contributed by atoms with Gasteiger partial charge in [-0.05, 0) is 44.5 Å². The molecule has 1 fully saturated rings. The van der Waals surface area contributed by atoms with E-state index in [1.165, 1.54) is 25.7 Å². The summed E-state index contributed by atoms with van der Waals surface area (Å²) < 4.78 is 5.02. The molecule has 0 N–H and O–H groups in total. The fourth-order valence-electron chi connectivity index (χ4n) is 1.84. The molecule has 0 heterocycles. The molecule has 1 saturated carbocycles. The maximum atomic E-state index is 5.02. The van der Waals surface area contributed by atoms with Gasteiger partial charge in [0.05, 0.1) is 6.10 Å². The molecular formula is C9H18OS. The van der Waals surface area contributed by atoms with Crippen LogP contribution < -0.4 is 0 Å². The second kappa shape index (κ2) is 4.36. The molecule has 0 aliphatic heterocycles. The Hall–Kier alpha value is 0.310. The van der Waals surface area contributed by atoms with Crippen LogP contribution in [0.4, 0.5) is 0 Å². The van der Waals surface area contributed by atoms with Crippen LogP contribution in [-0.4, -0.2) is 6.10 Å². The molecule has 1 aliphatic carbocycles. The highest BCUT2D eigenvalue weighted by atomic mass is 32.1. The first kappa shape index (κ1) is 9.40. The van der Waals surface area contributed by atoms with Crippen LogP contribution in [0, 0.1) is 11.8 Å². The highest BCUT2D eigenvalue weighted by Crippen LogP contribution is 2.31. The molecule has 1 unspecified atom stereocenters. The molecule has 1 atom stereocenters. The number of hydrogen-bond donors (Lipinski definition) is 1. The van der Waals surface area contributed by atoms with Crippen LogP contribution in [0.5, 0.6) is 0 Å². The SMILES string of the molecule is CC1CCC(C(C)OS)CC1. The van der Waals surface area contributed by atoms with Crippen LogP contribution in [0.15, 0.2) is 0 Å². The Kier molecular flexibility index (Phi) is 3.73. The Labute approximate surface area is 75.1 Å². The van der Waals surface area contributed by atoms with Gasteiger partial charge in [-0.1, -0.05) is 19.8 Å². The largest absolute Gasteiger partial charge is 0.315 e. The van der Waals surface area contributed by atoms with Crippen molar-refractivity contribution in [1.29, 1.82) is 0 Å². The van der Waals surface area contributed by atoms with Gasteiger partial charge in [0, 0.05) is 0 Å². The maximum Gasteiger partial charge on any atom is 0.0719 e. The fraction of sp³-hybridized carbons (Fsp3) is 1.00. The van der Waals surface area contributed by atoms with Crippen molar-refractivity contribution in [3.05, 3.63) is 0 Å². The second-order valence-corrected chi connectivity index (χ2v) is 4.04. The molecule has 2 heteroatoms. The first-order chi connectivity index (χ1) is 5.24. The average Bonchev–Trinajstić information content (AvgIpc) is 2.05. The van der Waals surface area contributed by atoms with Crippen LogP contribution in [-0.2, 0) is 4.18 Å². The van der Waals surface area contributed by atoms with Crippen molar-refractivity contribution in [3.8, 4) is 0 Å². The van der Waals surface area contributed by atoms with Crippen LogP contribution >= 0.6 is 12.9 Å². The van der Waals surface area contributed by atoms with E-state index in [0.717, 1.165) is 11.8 Å². The summed E-state index contributed by atoms with van der Waals surface area (Å²) in [4.78, 5) is 0. The smallest absolute Gasteiger partial charge is 0.0719 e. The molecule has 66 valence electrons. The summed E-state index contributed by atoms with van der Waals surface area (Å²) in [6, 6.07) is 0. The van der Waals surface area contributed by atoms with Gasteiger partial charge in [0.15, 0.2) is 0 Å². The topological polar surface area (TPSA) is 9.23 Å². The van der Waals surface area contributed by atoms with Gasteiger partial charge in [-0.15, -0.1) is 0 Å². The number of rotatable bonds is 2. The van der Waals surface area contributed by atoms with Gasteiger partial charge in [0.2, 0.25) is 0 Å². The zero-order chi connectivity index (χ0) is 8.27. The summed E-state index contributed by atoms with van der Waals surface area (Å²) in [6.07, 6.45) is 5.72. The molecular weight excluding hydrogens is 156 g/mol. The second-order valence-electron chi connectivity index (χ2n) is 3.83. The third kappa shape index (κ3) is 2.68. The number of thiol groups is 1. The van der Waals surface area contributed by atoms with E-state index in [0.29, 0.717) is 6.10 Å². The predicted molar refractivity (Wildman–Crippen MR) is 50.7 cm³/mol. The Morgan fingerprint density at radius 2 is 1.82 bits per heavy atom. The summed E-state index contributed by atoms with van der Waals surface area (Å²) in [5, 5.41) is 0. The van der Waals surface area contributed by atoms with E-state index in [-0.39, 0.29) is 0 Å². The molecule has 0 amide bonds. The minimum atomic E-state index is 0.339. The van der Waals surface area contributed by atoms with Crippen LogP contribution in [0.2, 0.25) is 0 Å². The van der Waals surface area contributed by atoms with Crippen molar-refractivity contribution in [1.82, 2.24) is 0 Å². The molecule has 1 rings (SSSR count).